The number of hydrogen-bond acceptors (Lipinski definition) is 4. The number of amides is 3. The molecule has 7 heteroatoms. The van der Waals surface area contributed by atoms with Crippen LogP contribution in [0.2, 0.25) is 0 Å². The van der Waals surface area contributed by atoms with E-state index in [1.807, 2.05) is 0 Å². The highest BCUT2D eigenvalue weighted by Gasteiger charge is 2.27. The average Bonchev–Trinajstić information content (AvgIpc) is 2.70. The summed E-state index contributed by atoms with van der Waals surface area (Å²) < 4.78 is 5.52. The van der Waals surface area contributed by atoms with E-state index in [1.165, 1.54) is 0 Å². The van der Waals surface area contributed by atoms with E-state index in [9.17, 15) is 9.59 Å². The Bertz CT molecular complexity index is 517. The van der Waals surface area contributed by atoms with Crippen LogP contribution >= 0.6 is 12.2 Å². The summed E-state index contributed by atoms with van der Waals surface area (Å²) in [5.41, 5.74) is 6.21. The van der Waals surface area contributed by atoms with Crippen molar-refractivity contribution in [3.05, 3.63) is 29.8 Å². The lowest BCUT2D eigenvalue weighted by Crippen LogP contribution is -2.34. The summed E-state index contributed by atoms with van der Waals surface area (Å²) in [5, 5.41) is 2.44. The van der Waals surface area contributed by atoms with Gasteiger partial charge in [0.05, 0.1) is 18.7 Å². The molecule has 1 aliphatic rings. The first-order valence-electron chi connectivity index (χ1n) is 5.69. The third-order valence-electron chi connectivity index (χ3n) is 2.66. The van der Waals surface area contributed by atoms with E-state index >= 15 is 0 Å². The van der Waals surface area contributed by atoms with Crippen molar-refractivity contribution in [2.75, 3.05) is 19.7 Å². The molecule has 0 bridgehead atoms. The fraction of sp³-hybridized carbons (Fsp3) is 0.250. The molecule has 2 rings (SSSR count). The number of nitrogens with zero attached hydrogens (tertiary/aromatic N) is 1. The number of benzene rings is 1. The summed E-state index contributed by atoms with van der Waals surface area (Å²) in [4.78, 5) is 24.0. The van der Waals surface area contributed by atoms with Crippen LogP contribution < -0.4 is 15.8 Å². The minimum atomic E-state index is -0.392. The summed E-state index contributed by atoms with van der Waals surface area (Å²) in [6, 6.07) is 6.70. The first kappa shape index (κ1) is 13.3. The molecule has 1 fully saturated rings. The third kappa shape index (κ3) is 3.00. The predicted octanol–water partition coefficient (Wildman–Crippen LogP) is 0.251. The number of imide groups is 1. The molecule has 0 aliphatic carbocycles. The molecule has 1 heterocycles. The minimum Gasteiger partial charge on any atom is -0.491 e. The fourth-order valence-corrected chi connectivity index (χ4v) is 1.89. The number of carbonyl (C=O) groups is 2. The maximum absolute atomic E-state index is 11.3. The van der Waals surface area contributed by atoms with E-state index in [0.29, 0.717) is 11.3 Å². The van der Waals surface area contributed by atoms with Gasteiger partial charge in [-0.05, 0) is 12.1 Å². The Hall–Kier alpha value is -2.15. The predicted molar refractivity (Wildman–Crippen MR) is 72.9 cm³/mol. The van der Waals surface area contributed by atoms with Gasteiger partial charge in [-0.15, -0.1) is 0 Å². The lowest BCUT2D eigenvalue weighted by atomic mass is 10.2. The largest absolute Gasteiger partial charge is 0.491 e. The summed E-state index contributed by atoms with van der Waals surface area (Å²) in [5.74, 6) is 0.290. The number of carbonyl (C=O) groups excluding carboxylic acids is 2. The molecule has 0 atom stereocenters. The zero-order valence-electron chi connectivity index (χ0n) is 10.1. The Morgan fingerprint density at radius 1 is 1.42 bits per heavy atom. The molecule has 100 valence electrons. The molecular weight excluding hydrogens is 266 g/mol. The van der Waals surface area contributed by atoms with Gasteiger partial charge in [-0.25, -0.2) is 4.79 Å². The molecular formula is C12H13N3O3S. The molecule has 3 N–H and O–H groups in total. The second-order valence-corrected chi connectivity index (χ2v) is 4.35. The van der Waals surface area contributed by atoms with Crippen molar-refractivity contribution in [1.82, 2.24) is 10.2 Å². The monoisotopic (exact) mass is 279 g/mol. The Labute approximate surface area is 115 Å². The normalized spacial score (nSPS) is 14.4. The number of hydrogen-bond donors (Lipinski definition) is 2. The van der Waals surface area contributed by atoms with Gasteiger partial charge in [0.25, 0.3) is 0 Å². The highest BCUT2D eigenvalue weighted by atomic mass is 32.1. The van der Waals surface area contributed by atoms with E-state index in [-0.39, 0.29) is 30.6 Å². The van der Waals surface area contributed by atoms with Crippen molar-refractivity contribution in [2.45, 2.75) is 0 Å². The summed E-state index contributed by atoms with van der Waals surface area (Å²) in [6.45, 7) is 0.428. The third-order valence-corrected chi connectivity index (χ3v) is 2.88. The SMILES string of the molecule is NC(=S)c1ccccc1OCCN1C(=O)CNC1=O. The second kappa shape index (κ2) is 5.66. The summed E-state index contributed by atoms with van der Waals surface area (Å²) in [6.07, 6.45) is 0. The highest BCUT2D eigenvalue weighted by Crippen LogP contribution is 2.17. The van der Waals surface area contributed by atoms with Crippen molar-refractivity contribution >= 4 is 29.1 Å². The first-order valence-corrected chi connectivity index (χ1v) is 6.10. The number of nitrogens with one attached hydrogen (secondary N) is 1. The molecule has 6 nitrogen and oxygen atoms in total. The summed E-state index contributed by atoms with van der Waals surface area (Å²) >= 11 is 4.91. The number of para-hydroxylation sites is 1. The van der Waals surface area contributed by atoms with E-state index < -0.39 is 6.03 Å². The maximum Gasteiger partial charge on any atom is 0.324 e. The minimum absolute atomic E-state index is 0.0440. The van der Waals surface area contributed by atoms with Crippen molar-refractivity contribution < 1.29 is 14.3 Å². The standard InChI is InChI=1S/C12H13N3O3S/c13-11(19)8-3-1-2-4-9(8)18-6-5-15-10(16)7-14-12(15)17/h1-4H,5-7H2,(H2,13,19)(H,14,17). The molecule has 19 heavy (non-hydrogen) atoms. The van der Waals surface area contributed by atoms with E-state index in [1.54, 1.807) is 24.3 Å². The number of nitrogens with two attached hydrogens (primary N) is 1. The maximum atomic E-state index is 11.3. The van der Waals surface area contributed by atoms with Crippen LogP contribution in [0, 0.1) is 0 Å². The van der Waals surface area contributed by atoms with Gasteiger partial charge >= 0.3 is 6.03 Å². The van der Waals surface area contributed by atoms with Crippen LogP contribution in [-0.4, -0.2) is 41.5 Å². The summed E-state index contributed by atoms with van der Waals surface area (Å²) in [7, 11) is 0. The van der Waals surface area contributed by atoms with Gasteiger partial charge in [0.2, 0.25) is 5.91 Å². The molecule has 0 spiro atoms. The topological polar surface area (TPSA) is 84.7 Å². The number of rotatable bonds is 5. The molecule has 3 amide bonds. The number of urea groups is 1. The lowest BCUT2D eigenvalue weighted by Gasteiger charge is -2.14. The fourth-order valence-electron chi connectivity index (χ4n) is 1.72. The van der Waals surface area contributed by atoms with Crippen LogP contribution in [0.4, 0.5) is 4.79 Å². The molecule has 1 aromatic carbocycles. The quantitative estimate of drug-likeness (QED) is 0.596. The van der Waals surface area contributed by atoms with Gasteiger partial charge in [0.1, 0.15) is 17.3 Å². The van der Waals surface area contributed by atoms with Gasteiger partial charge in [0.15, 0.2) is 0 Å². The Kier molecular flexibility index (Phi) is 3.96. The lowest BCUT2D eigenvalue weighted by molar-refractivity contribution is -0.125. The number of ether oxygens (including phenoxy) is 1. The Balaban J connectivity index is 1.94. The molecule has 0 saturated carbocycles. The van der Waals surface area contributed by atoms with Gasteiger partial charge in [-0.1, -0.05) is 24.4 Å². The Morgan fingerprint density at radius 3 is 2.79 bits per heavy atom. The van der Waals surface area contributed by atoms with E-state index in [0.717, 1.165) is 4.90 Å². The Morgan fingerprint density at radius 2 is 2.16 bits per heavy atom. The average molecular weight is 279 g/mol. The number of thiocarbonyl (C=S) groups is 1. The van der Waals surface area contributed by atoms with Crippen molar-refractivity contribution in [3.63, 3.8) is 0 Å². The van der Waals surface area contributed by atoms with Crippen LogP contribution in [0.15, 0.2) is 24.3 Å². The van der Waals surface area contributed by atoms with Gasteiger partial charge in [0, 0.05) is 0 Å². The van der Waals surface area contributed by atoms with Crippen molar-refractivity contribution in [3.8, 4) is 5.75 Å². The van der Waals surface area contributed by atoms with Crippen LogP contribution in [0.5, 0.6) is 5.75 Å². The highest BCUT2D eigenvalue weighted by molar-refractivity contribution is 7.80. The molecule has 1 saturated heterocycles. The first-order chi connectivity index (χ1) is 9.09. The van der Waals surface area contributed by atoms with E-state index in [2.05, 4.69) is 5.32 Å². The smallest absolute Gasteiger partial charge is 0.324 e. The van der Waals surface area contributed by atoms with E-state index in [4.69, 9.17) is 22.7 Å². The molecule has 1 aromatic rings. The van der Waals surface area contributed by atoms with Gasteiger partial charge in [-0.2, -0.15) is 0 Å². The van der Waals surface area contributed by atoms with Gasteiger partial charge < -0.3 is 15.8 Å². The molecule has 0 unspecified atom stereocenters. The van der Waals surface area contributed by atoms with Crippen LogP contribution in [0.25, 0.3) is 0 Å². The zero-order chi connectivity index (χ0) is 13.8. The molecule has 0 radical (unpaired) electrons. The van der Waals surface area contributed by atoms with Crippen LogP contribution in [0.1, 0.15) is 5.56 Å². The second-order valence-electron chi connectivity index (χ2n) is 3.91. The molecule has 1 aliphatic heterocycles. The van der Waals surface area contributed by atoms with Crippen molar-refractivity contribution in [1.29, 1.82) is 0 Å². The molecule has 0 aromatic heterocycles. The van der Waals surface area contributed by atoms with Crippen LogP contribution in [-0.2, 0) is 4.79 Å². The zero-order valence-corrected chi connectivity index (χ0v) is 10.9. The van der Waals surface area contributed by atoms with Crippen molar-refractivity contribution in [2.24, 2.45) is 5.73 Å². The van der Waals surface area contributed by atoms with Gasteiger partial charge in [-0.3, -0.25) is 9.69 Å². The van der Waals surface area contributed by atoms with Crippen LogP contribution in [0.3, 0.4) is 0 Å².